The number of fused-ring (bicyclic) bond motifs is 1. The molecule has 28 heavy (non-hydrogen) atoms. The van der Waals surface area contributed by atoms with Crippen LogP contribution in [0.3, 0.4) is 0 Å². The van der Waals surface area contributed by atoms with Crippen molar-refractivity contribution < 1.29 is 9.53 Å². The number of hydrogen-bond donors (Lipinski definition) is 3. The number of nitrogens with zero attached hydrogens (tertiary/aromatic N) is 1. The third-order valence-electron chi connectivity index (χ3n) is 6.06. The monoisotopic (exact) mass is 384 g/mol. The summed E-state index contributed by atoms with van der Waals surface area (Å²) < 4.78 is 6.44. The molecule has 1 aromatic rings. The lowest BCUT2D eigenvalue weighted by atomic mass is 9.86. The molecule has 0 saturated heterocycles. The van der Waals surface area contributed by atoms with Gasteiger partial charge in [-0.1, -0.05) is 18.2 Å². The highest BCUT2D eigenvalue weighted by molar-refractivity contribution is 5.80. The van der Waals surface area contributed by atoms with E-state index < -0.39 is 0 Å². The number of nitrogens with one attached hydrogen (secondary N) is 3. The third-order valence-corrected chi connectivity index (χ3v) is 6.06. The fraction of sp³-hybridized carbons (Fsp3) is 0.636. The Labute approximate surface area is 167 Å². The highest BCUT2D eigenvalue weighted by Crippen LogP contribution is 2.46. The summed E-state index contributed by atoms with van der Waals surface area (Å²) >= 11 is 0. The Morgan fingerprint density at radius 2 is 2.00 bits per heavy atom. The van der Waals surface area contributed by atoms with E-state index in [2.05, 4.69) is 39.1 Å². The largest absolute Gasteiger partial charge is 0.487 e. The molecule has 0 radical (unpaired) electrons. The van der Waals surface area contributed by atoms with E-state index in [9.17, 15) is 4.79 Å². The first-order chi connectivity index (χ1) is 13.7. The van der Waals surface area contributed by atoms with Gasteiger partial charge in [0.1, 0.15) is 11.4 Å². The molecule has 152 valence electrons. The first-order valence-electron chi connectivity index (χ1n) is 10.7. The summed E-state index contributed by atoms with van der Waals surface area (Å²) in [4.78, 5) is 16.2. The van der Waals surface area contributed by atoms with Crippen molar-refractivity contribution in [2.75, 3.05) is 13.6 Å². The fourth-order valence-corrected chi connectivity index (χ4v) is 4.42. The van der Waals surface area contributed by atoms with Gasteiger partial charge in [-0.05, 0) is 51.0 Å². The van der Waals surface area contributed by atoms with E-state index in [1.165, 1.54) is 18.4 Å². The van der Waals surface area contributed by atoms with Crippen molar-refractivity contribution in [1.82, 2.24) is 16.0 Å². The smallest absolute Gasteiger partial charge is 0.220 e. The van der Waals surface area contributed by atoms with Crippen LogP contribution in [-0.4, -0.2) is 37.1 Å². The van der Waals surface area contributed by atoms with Crippen molar-refractivity contribution in [2.24, 2.45) is 4.99 Å². The standard InChI is InChI=1S/C22H32N4O2/c1-23-21(24-14-6-9-20(27)25-16-10-11-16)26-18-15-22(12-4-5-13-22)28-19-8-3-2-7-17(18)19/h2-3,7-8,16,18H,4-6,9-15H2,1H3,(H,25,27)(H2,23,24,26). The van der Waals surface area contributed by atoms with Crippen LogP contribution in [0.5, 0.6) is 5.75 Å². The molecule has 2 saturated carbocycles. The summed E-state index contributed by atoms with van der Waals surface area (Å²) in [7, 11) is 1.80. The summed E-state index contributed by atoms with van der Waals surface area (Å²) in [6.07, 6.45) is 9.33. The molecule has 1 unspecified atom stereocenters. The number of benzene rings is 1. The van der Waals surface area contributed by atoms with E-state index in [1.54, 1.807) is 7.05 Å². The van der Waals surface area contributed by atoms with Gasteiger partial charge in [-0.25, -0.2) is 0 Å². The molecule has 6 nitrogen and oxygen atoms in total. The highest BCUT2D eigenvalue weighted by Gasteiger charge is 2.43. The van der Waals surface area contributed by atoms with Crippen LogP contribution in [0, 0.1) is 0 Å². The molecule has 1 atom stereocenters. The molecular weight excluding hydrogens is 352 g/mol. The maximum atomic E-state index is 11.8. The van der Waals surface area contributed by atoms with Crippen molar-refractivity contribution in [3.05, 3.63) is 29.8 Å². The van der Waals surface area contributed by atoms with Gasteiger partial charge in [-0.3, -0.25) is 9.79 Å². The van der Waals surface area contributed by atoms with Gasteiger partial charge < -0.3 is 20.7 Å². The van der Waals surface area contributed by atoms with Gasteiger partial charge >= 0.3 is 0 Å². The molecule has 1 aliphatic heterocycles. The molecule has 2 aliphatic carbocycles. The molecule has 1 amide bonds. The van der Waals surface area contributed by atoms with E-state index in [0.29, 0.717) is 12.5 Å². The second-order valence-corrected chi connectivity index (χ2v) is 8.38. The predicted molar refractivity (Wildman–Crippen MR) is 111 cm³/mol. The van der Waals surface area contributed by atoms with Crippen molar-refractivity contribution in [3.8, 4) is 5.75 Å². The van der Waals surface area contributed by atoms with E-state index in [-0.39, 0.29) is 17.6 Å². The molecule has 3 aliphatic rings. The zero-order chi connectivity index (χ0) is 19.4. The van der Waals surface area contributed by atoms with Crippen LogP contribution in [0.15, 0.2) is 29.3 Å². The number of guanidine groups is 1. The molecule has 2 fully saturated rings. The summed E-state index contributed by atoms with van der Waals surface area (Å²) in [6.45, 7) is 0.730. The number of hydrogen-bond acceptors (Lipinski definition) is 3. The SMILES string of the molecule is CN=C(NCCCC(=O)NC1CC1)NC1CC2(CCCC2)Oc2ccccc21. The summed E-state index contributed by atoms with van der Waals surface area (Å²) in [6, 6.07) is 8.96. The van der Waals surface area contributed by atoms with Crippen molar-refractivity contribution in [2.45, 2.75) is 75.5 Å². The molecule has 1 aromatic carbocycles. The maximum Gasteiger partial charge on any atom is 0.220 e. The Balaban J connectivity index is 1.32. The summed E-state index contributed by atoms with van der Waals surface area (Å²) in [5, 5.41) is 10.0. The minimum Gasteiger partial charge on any atom is -0.487 e. The Hall–Kier alpha value is -2.24. The van der Waals surface area contributed by atoms with Crippen molar-refractivity contribution in [3.63, 3.8) is 0 Å². The lowest BCUT2D eigenvalue weighted by Crippen LogP contribution is -2.46. The highest BCUT2D eigenvalue weighted by atomic mass is 16.5. The lowest BCUT2D eigenvalue weighted by molar-refractivity contribution is -0.121. The molecule has 3 N–H and O–H groups in total. The first kappa shape index (κ1) is 19.1. The number of aliphatic imine (C=N–C) groups is 1. The minimum atomic E-state index is -0.0359. The predicted octanol–water partition coefficient (Wildman–Crippen LogP) is 3.05. The van der Waals surface area contributed by atoms with Crippen LogP contribution in [-0.2, 0) is 4.79 Å². The molecular formula is C22H32N4O2. The average Bonchev–Trinajstić information content (AvgIpc) is 3.41. The molecule has 6 heteroatoms. The molecule has 1 heterocycles. The van der Waals surface area contributed by atoms with Gasteiger partial charge in [0, 0.05) is 38.0 Å². The van der Waals surface area contributed by atoms with Crippen LogP contribution >= 0.6 is 0 Å². The average molecular weight is 385 g/mol. The second-order valence-electron chi connectivity index (χ2n) is 8.38. The quantitative estimate of drug-likeness (QED) is 0.400. The normalized spacial score (nSPS) is 23.0. The van der Waals surface area contributed by atoms with E-state index in [1.807, 2.05) is 6.07 Å². The van der Waals surface area contributed by atoms with Gasteiger partial charge in [0.25, 0.3) is 0 Å². The van der Waals surface area contributed by atoms with E-state index >= 15 is 0 Å². The Morgan fingerprint density at radius 3 is 2.75 bits per heavy atom. The van der Waals surface area contributed by atoms with Gasteiger partial charge in [-0.2, -0.15) is 0 Å². The van der Waals surface area contributed by atoms with Gasteiger partial charge in [0.05, 0.1) is 6.04 Å². The van der Waals surface area contributed by atoms with Crippen LogP contribution < -0.4 is 20.7 Å². The molecule has 4 rings (SSSR count). The minimum absolute atomic E-state index is 0.0359. The number of rotatable bonds is 6. The molecule has 0 bridgehead atoms. The summed E-state index contributed by atoms with van der Waals surface area (Å²) in [5.74, 6) is 1.95. The van der Waals surface area contributed by atoms with Crippen LogP contribution in [0.25, 0.3) is 0 Å². The first-order valence-corrected chi connectivity index (χ1v) is 10.7. The van der Waals surface area contributed by atoms with E-state index in [4.69, 9.17) is 4.74 Å². The van der Waals surface area contributed by atoms with Gasteiger partial charge in [0.2, 0.25) is 5.91 Å². The topological polar surface area (TPSA) is 74.8 Å². The lowest BCUT2D eigenvalue weighted by Gasteiger charge is -2.40. The van der Waals surface area contributed by atoms with Gasteiger partial charge in [-0.15, -0.1) is 0 Å². The fourth-order valence-electron chi connectivity index (χ4n) is 4.42. The van der Waals surface area contributed by atoms with E-state index in [0.717, 1.165) is 56.8 Å². The Morgan fingerprint density at radius 1 is 1.21 bits per heavy atom. The van der Waals surface area contributed by atoms with Crippen molar-refractivity contribution >= 4 is 11.9 Å². The molecule has 0 aromatic heterocycles. The van der Waals surface area contributed by atoms with Gasteiger partial charge in [0.15, 0.2) is 5.96 Å². The van der Waals surface area contributed by atoms with Crippen LogP contribution in [0.2, 0.25) is 0 Å². The Kier molecular flexibility index (Phi) is 5.74. The third kappa shape index (κ3) is 4.59. The maximum absolute atomic E-state index is 11.8. The number of amides is 1. The number of para-hydroxylation sites is 1. The zero-order valence-corrected chi connectivity index (χ0v) is 16.8. The van der Waals surface area contributed by atoms with Crippen LogP contribution in [0.1, 0.15) is 69.4 Å². The van der Waals surface area contributed by atoms with Crippen LogP contribution in [0.4, 0.5) is 0 Å². The number of carbonyl (C=O) groups excluding carboxylic acids is 1. The number of carbonyl (C=O) groups is 1. The van der Waals surface area contributed by atoms with Crippen molar-refractivity contribution in [1.29, 1.82) is 0 Å². The second kappa shape index (κ2) is 8.41. The zero-order valence-electron chi connectivity index (χ0n) is 16.8. The Bertz CT molecular complexity index is 723. The summed E-state index contributed by atoms with van der Waals surface area (Å²) in [5.41, 5.74) is 1.16. The molecule has 1 spiro atoms. The number of ether oxygens (including phenoxy) is 1.